The fourth-order valence-corrected chi connectivity index (χ4v) is 2.47. The van der Waals surface area contributed by atoms with Crippen molar-refractivity contribution in [1.82, 2.24) is 4.31 Å². The van der Waals surface area contributed by atoms with Gasteiger partial charge < -0.3 is 0 Å². The second kappa shape index (κ2) is 3.58. The van der Waals surface area contributed by atoms with Crippen LogP contribution < -0.4 is 0 Å². The lowest BCUT2D eigenvalue weighted by Gasteiger charge is -2.18. The van der Waals surface area contributed by atoms with Gasteiger partial charge in [0, 0.05) is 12.6 Å². The van der Waals surface area contributed by atoms with Crippen molar-refractivity contribution in [3.63, 3.8) is 0 Å². The van der Waals surface area contributed by atoms with Crippen LogP contribution in [0.5, 0.6) is 0 Å². The molecule has 0 amide bonds. The van der Waals surface area contributed by atoms with E-state index in [-0.39, 0.29) is 11.8 Å². The molecule has 1 fully saturated rings. The van der Waals surface area contributed by atoms with Crippen LogP contribution >= 0.6 is 0 Å². The van der Waals surface area contributed by atoms with E-state index >= 15 is 0 Å². The number of nitrogens with zero attached hydrogens (tertiary/aromatic N) is 1. The van der Waals surface area contributed by atoms with Gasteiger partial charge in [-0.2, -0.15) is 4.31 Å². The third-order valence-electron chi connectivity index (χ3n) is 1.99. The molecule has 0 spiro atoms. The van der Waals surface area contributed by atoms with E-state index < -0.39 is 10.0 Å². The third kappa shape index (κ3) is 2.08. The van der Waals surface area contributed by atoms with Gasteiger partial charge in [-0.25, -0.2) is 8.42 Å². The summed E-state index contributed by atoms with van der Waals surface area (Å²) < 4.78 is 24.5. The van der Waals surface area contributed by atoms with E-state index in [1.165, 1.54) is 0 Å². The summed E-state index contributed by atoms with van der Waals surface area (Å²) in [7, 11) is -3.00. The monoisotopic (exact) mass is 189 g/mol. The zero-order valence-electron chi connectivity index (χ0n) is 7.36. The predicted octanol–water partition coefficient (Wildman–Crippen LogP) is 0.987. The smallest absolute Gasteiger partial charge is 0.212 e. The maximum absolute atomic E-state index is 11.4. The van der Waals surface area contributed by atoms with Crippen LogP contribution in [0.3, 0.4) is 0 Å². The molecule has 4 heteroatoms. The number of hydrogen-bond donors (Lipinski definition) is 0. The van der Waals surface area contributed by atoms with Gasteiger partial charge in [-0.15, -0.1) is 6.58 Å². The first-order valence-corrected chi connectivity index (χ1v) is 5.83. The number of sulfonamides is 1. The second-order valence-electron chi connectivity index (χ2n) is 2.99. The zero-order chi connectivity index (χ0) is 9.19. The Morgan fingerprint density at radius 2 is 2.17 bits per heavy atom. The highest BCUT2D eigenvalue weighted by Gasteiger charge is 2.35. The summed E-state index contributed by atoms with van der Waals surface area (Å²) in [4.78, 5) is 0. The Morgan fingerprint density at radius 1 is 1.58 bits per heavy atom. The average Bonchev–Trinajstić information content (AvgIpc) is 2.83. The van der Waals surface area contributed by atoms with E-state index in [1.54, 1.807) is 17.3 Å². The average molecular weight is 189 g/mol. The van der Waals surface area contributed by atoms with Crippen LogP contribution in [0, 0.1) is 0 Å². The Morgan fingerprint density at radius 3 is 2.50 bits per heavy atom. The van der Waals surface area contributed by atoms with Crippen LogP contribution in [0.2, 0.25) is 0 Å². The van der Waals surface area contributed by atoms with Gasteiger partial charge in [0.05, 0.1) is 5.75 Å². The van der Waals surface area contributed by atoms with E-state index in [0.717, 1.165) is 12.8 Å². The molecule has 12 heavy (non-hydrogen) atoms. The van der Waals surface area contributed by atoms with Crippen LogP contribution in [0.25, 0.3) is 0 Å². The first kappa shape index (κ1) is 9.74. The lowest BCUT2D eigenvalue weighted by atomic mass is 10.6. The van der Waals surface area contributed by atoms with E-state index in [9.17, 15) is 8.42 Å². The molecule has 1 aliphatic carbocycles. The molecule has 0 aromatic carbocycles. The summed E-state index contributed by atoms with van der Waals surface area (Å²) in [5, 5.41) is 0. The molecule has 0 bridgehead atoms. The molecule has 1 rings (SSSR count). The Kier molecular flexibility index (Phi) is 2.90. The van der Waals surface area contributed by atoms with Crippen LogP contribution in [-0.2, 0) is 10.0 Å². The summed E-state index contributed by atoms with van der Waals surface area (Å²) >= 11 is 0. The van der Waals surface area contributed by atoms with E-state index in [2.05, 4.69) is 6.58 Å². The Bertz CT molecular complexity index is 254. The van der Waals surface area contributed by atoms with Crippen molar-refractivity contribution in [3.05, 3.63) is 12.7 Å². The fraction of sp³-hybridized carbons (Fsp3) is 0.750. The molecule has 0 radical (unpaired) electrons. The van der Waals surface area contributed by atoms with Crippen molar-refractivity contribution in [3.8, 4) is 0 Å². The lowest BCUT2D eigenvalue weighted by Crippen LogP contribution is -2.34. The predicted molar refractivity (Wildman–Crippen MR) is 49.4 cm³/mol. The molecular formula is C8H15NO2S. The second-order valence-corrected chi connectivity index (χ2v) is 5.20. The molecule has 1 saturated carbocycles. The van der Waals surface area contributed by atoms with Crippen molar-refractivity contribution < 1.29 is 8.42 Å². The quantitative estimate of drug-likeness (QED) is 0.605. The van der Waals surface area contributed by atoms with Crippen molar-refractivity contribution in [2.24, 2.45) is 0 Å². The van der Waals surface area contributed by atoms with Gasteiger partial charge in [-0.05, 0) is 19.8 Å². The fourth-order valence-electron chi connectivity index (χ4n) is 1.15. The van der Waals surface area contributed by atoms with Gasteiger partial charge in [0.1, 0.15) is 0 Å². The Balaban J connectivity index is 2.70. The van der Waals surface area contributed by atoms with Crippen LogP contribution in [0.1, 0.15) is 19.8 Å². The molecule has 0 saturated heterocycles. The molecule has 1 aliphatic rings. The normalized spacial score (nSPS) is 18.2. The van der Waals surface area contributed by atoms with Crippen molar-refractivity contribution in [2.75, 3.05) is 12.3 Å². The summed E-state index contributed by atoms with van der Waals surface area (Å²) in [5.41, 5.74) is 0. The highest BCUT2D eigenvalue weighted by molar-refractivity contribution is 7.89. The van der Waals surface area contributed by atoms with Crippen molar-refractivity contribution in [1.29, 1.82) is 0 Å². The molecule has 70 valence electrons. The van der Waals surface area contributed by atoms with Crippen molar-refractivity contribution in [2.45, 2.75) is 25.8 Å². The molecule has 0 N–H and O–H groups in total. The van der Waals surface area contributed by atoms with Gasteiger partial charge in [0.2, 0.25) is 10.0 Å². The summed E-state index contributed by atoms with van der Waals surface area (Å²) in [5.74, 6) is 0.192. The maximum atomic E-state index is 11.4. The molecular weight excluding hydrogens is 174 g/mol. The zero-order valence-corrected chi connectivity index (χ0v) is 8.18. The minimum Gasteiger partial charge on any atom is -0.212 e. The lowest BCUT2D eigenvalue weighted by molar-refractivity contribution is 0.437. The third-order valence-corrected chi connectivity index (χ3v) is 3.88. The van der Waals surface area contributed by atoms with Crippen molar-refractivity contribution >= 4 is 10.0 Å². The van der Waals surface area contributed by atoms with Gasteiger partial charge in [-0.1, -0.05) is 6.08 Å². The summed E-state index contributed by atoms with van der Waals surface area (Å²) in [6.07, 6.45) is 3.66. The van der Waals surface area contributed by atoms with E-state index in [1.807, 2.05) is 0 Å². The van der Waals surface area contributed by atoms with Gasteiger partial charge in [0.25, 0.3) is 0 Å². The SMILES string of the molecule is C=CCN(C1CC1)S(=O)(=O)CC. The molecule has 3 nitrogen and oxygen atoms in total. The molecule has 0 aliphatic heterocycles. The van der Waals surface area contributed by atoms with E-state index in [0.29, 0.717) is 6.54 Å². The van der Waals surface area contributed by atoms with Crippen LogP contribution in [-0.4, -0.2) is 31.1 Å². The first-order valence-electron chi connectivity index (χ1n) is 4.22. The van der Waals surface area contributed by atoms with Crippen LogP contribution in [0.4, 0.5) is 0 Å². The summed E-state index contributed by atoms with van der Waals surface area (Å²) in [6, 6.07) is 0.257. The van der Waals surface area contributed by atoms with Gasteiger partial charge >= 0.3 is 0 Å². The largest absolute Gasteiger partial charge is 0.214 e. The molecule has 0 unspecified atom stereocenters. The molecule has 0 heterocycles. The van der Waals surface area contributed by atoms with Gasteiger partial charge in [0.15, 0.2) is 0 Å². The van der Waals surface area contributed by atoms with E-state index in [4.69, 9.17) is 0 Å². The van der Waals surface area contributed by atoms with Crippen LogP contribution in [0.15, 0.2) is 12.7 Å². The number of rotatable bonds is 5. The molecule has 0 aromatic heterocycles. The Labute approximate surface area is 74.1 Å². The molecule has 0 aromatic rings. The topological polar surface area (TPSA) is 37.4 Å². The maximum Gasteiger partial charge on any atom is 0.214 e. The number of hydrogen-bond acceptors (Lipinski definition) is 2. The standard InChI is InChI=1S/C8H15NO2S/c1-3-7-9(8-5-6-8)12(10,11)4-2/h3,8H,1,4-7H2,2H3. The highest BCUT2D eigenvalue weighted by Crippen LogP contribution is 2.29. The Hall–Kier alpha value is -0.350. The highest BCUT2D eigenvalue weighted by atomic mass is 32.2. The first-order chi connectivity index (χ1) is 5.61. The minimum absolute atomic E-state index is 0.192. The molecule has 0 atom stereocenters. The van der Waals surface area contributed by atoms with Gasteiger partial charge in [-0.3, -0.25) is 0 Å². The minimum atomic E-state index is -3.00. The summed E-state index contributed by atoms with van der Waals surface area (Å²) in [6.45, 7) is 5.69.